The molecule has 3 rings (SSSR count). The highest BCUT2D eigenvalue weighted by Crippen LogP contribution is 2.24. The van der Waals surface area contributed by atoms with Crippen molar-refractivity contribution in [3.8, 4) is 0 Å². The third kappa shape index (κ3) is 2.53. The standard InChI is InChI=1S/C15H10BrClFN/c16-12-2-4-15-10(7-12)5-6-19(15)9-11-1-3-13(18)8-14(11)17/h1-8H,9H2. The molecule has 0 unspecified atom stereocenters. The molecule has 0 aliphatic heterocycles. The fraction of sp³-hybridized carbons (Fsp3) is 0.0667. The topological polar surface area (TPSA) is 4.93 Å². The van der Waals surface area contributed by atoms with Crippen LogP contribution in [0.2, 0.25) is 5.02 Å². The zero-order chi connectivity index (χ0) is 13.4. The Balaban J connectivity index is 2.01. The van der Waals surface area contributed by atoms with E-state index in [9.17, 15) is 4.39 Å². The molecule has 0 aliphatic rings. The van der Waals surface area contributed by atoms with Crippen molar-refractivity contribution in [2.24, 2.45) is 0 Å². The summed E-state index contributed by atoms with van der Waals surface area (Å²) in [5.41, 5.74) is 2.03. The fourth-order valence-electron chi connectivity index (χ4n) is 2.14. The molecular formula is C15H10BrClFN. The van der Waals surface area contributed by atoms with Gasteiger partial charge in [0.25, 0.3) is 0 Å². The molecule has 1 nitrogen and oxygen atoms in total. The van der Waals surface area contributed by atoms with Crippen LogP contribution in [-0.2, 0) is 6.54 Å². The van der Waals surface area contributed by atoms with Crippen LogP contribution < -0.4 is 0 Å². The first-order valence-electron chi connectivity index (χ1n) is 5.82. The summed E-state index contributed by atoms with van der Waals surface area (Å²) in [7, 11) is 0. The molecule has 0 aliphatic carbocycles. The van der Waals surface area contributed by atoms with Crippen LogP contribution in [0.4, 0.5) is 4.39 Å². The summed E-state index contributed by atoms with van der Waals surface area (Å²) < 4.78 is 16.2. The normalized spacial score (nSPS) is 11.1. The van der Waals surface area contributed by atoms with Gasteiger partial charge in [-0.2, -0.15) is 0 Å². The molecule has 0 amide bonds. The second kappa shape index (κ2) is 4.99. The second-order valence-electron chi connectivity index (χ2n) is 4.38. The van der Waals surface area contributed by atoms with Crippen LogP contribution in [0.5, 0.6) is 0 Å². The molecular weight excluding hydrogens is 329 g/mol. The molecule has 96 valence electrons. The minimum atomic E-state index is -0.310. The Morgan fingerprint density at radius 2 is 1.95 bits per heavy atom. The van der Waals surface area contributed by atoms with Gasteiger partial charge in [0.1, 0.15) is 5.82 Å². The predicted molar refractivity (Wildman–Crippen MR) is 80.2 cm³/mol. The Hall–Kier alpha value is -1.32. The number of nitrogens with zero attached hydrogens (tertiary/aromatic N) is 1. The molecule has 2 aromatic carbocycles. The van der Waals surface area contributed by atoms with E-state index in [1.807, 2.05) is 12.3 Å². The molecule has 0 N–H and O–H groups in total. The zero-order valence-electron chi connectivity index (χ0n) is 9.91. The van der Waals surface area contributed by atoms with E-state index >= 15 is 0 Å². The molecule has 3 aromatic rings. The summed E-state index contributed by atoms with van der Waals surface area (Å²) in [6.07, 6.45) is 2.01. The Labute approximate surface area is 123 Å². The van der Waals surface area contributed by atoms with Crippen molar-refractivity contribution in [1.29, 1.82) is 0 Å². The average Bonchev–Trinajstić information content (AvgIpc) is 2.75. The Morgan fingerprint density at radius 3 is 2.74 bits per heavy atom. The van der Waals surface area contributed by atoms with Crippen LogP contribution in [0.1, 0.15) is 5.56 Å². The summed E-state index contributed by atoms with van der Waals surface area (Å²) in [5.74, 6) is -0.310. The summed E-state index contributed by atoms with van der Waals surface area (Å²) in [6, 6.07) is 12.7. The van der Waals surface area contributed by atoms with Crippen LogP contribution in [-0.4, -0.2) is 4.57 Å². The molecule has 4 heteroatoms. The third-order valence-electron chi connectivity index (χ3n) is 3.09. The average molecular weight is 339 g/mol. The van der Waals surface area contributed by atoms with Crippen molar-refractivity contribution in [3.63, 3.8) is 0 Å². The minimum absolute atomic E-state index is 0.310. The Morgan fingerprint density at radius 1 is 1.11 bits per heavy atom. The molecule has 0 atom stereocenters. The highest BCUT2D eigenvalue weighted by Gasteiger charge is 2.06. The van der Waals surface area contributed by atoms with Gasteiger partial charge in [0.2, 0.25) is 0 Å². The Bertz CT molecular complexity index is 751. The van der Waals surface area contributed by atoms with Gasteiger partial charge < -0.3 is 4.57 Å². The van der Waals surface area contributed by atoms with E-state index in [0.29, 0.717) is 11.6 Å². The highest BCUT2D eigenvalue weighted by molar-refractivity contribution is 9.10. The Kier molecular flexibility index (Phi) is 3.33. The van der Waals surface area contributed by atoms with Crippen LogP contribution in [0, 0.1) is 5.82 Å². The SMILES string of the molecule is Fc1ccc(Cn2ccc3cc(Br)ccc32)c(Cl)c1. The number of hydrogen-bond donors (Lipinski definition) is 0. The number of hydrogen-bond acceptors (Lipinski definition) is 0. The number of benzene rings is 2. The van der Waals surface area contributed by atoms with Crippen molar-refractivity contribution in [2.45, 2.75) is 6.54 Å². The lowest BCUT2D eigenvalue weighted by molar-refractivity contribution is 0.626. The third-order valence-corrected chi connectivity index (χ3v) is 3.93. The van der Waals surface area contributed by atoms with Crippen molar-refractivity contribution < 1.29 is 4.39 Å². The van der Waals surface area contributed by atoms with E-state index in [1.165, 1.54) is 12.1 Å². The molecule has 1 heterocycles. The van der Waals surface area contributed by atoms with Crippen molar-refractivity contribution >= 4 is 38.4 Å². The van der Waals surface area contributed by atoms with Crippen LogP contribution in [0.3, 0.4) is 0 Å². The van der Waals surface area contributed by atoms with Gasteiger partial charge >= 0.3 is 0 Å². The van der Waals surface area contributed by atoms with Crippen molar-refractivity contribution in [2.75, 3.05) is 0 Å². The van der Waals surface area contributed by atoms with Crippen LogP contribution >= 0.6 is 27.5 Å². The first-order valence-corrected chi connectivity index (χ1v) is 6.99. The molecule has 1 aromatic heterocycles. The largest absolute Gasteiger partial charge is 0.343 e. The molecule has 0 fully saturated rings. The van der Waals surface area contributed by atoms with Gasteiger partial charge in [0.05, 0.1) is 0 Å². The van der Waals surface area contributed by atoms with Gasteiger partial charge in [-0.3, -0.25) is 0 Å². The van der Waals surface area contributed by atoms with E-state index in [1.54, 1.807) is 6.07 Å². The maximum absolute atomic E-state index is 13.0. The maximum Gasteiger partial charge on any atom is 0.124 e. The number of aromatic nitrogens is 1. The van der Waals surface area contributed by atoms with E-state index in [4.69, 9.17) is 11.6 Å². The van der Waals surface area contributed by atoms with Crippen molar-refractivity contribution in [3.05, 3.63) is 69.5 Å². The van der Waals surface area contributed by atoms with E-state index in [2.05, 4.69) is 38.7 Å². The fourth-order valence-corrected chi connectivity index (χ4v) is 2.75. The van der Waals surface area contributed by atoms with E-state index < -0.39 is 0 Å². The van der Waals surface area contributed by atoms with Gasteiger partial charge in [0.15, 0.2) is 0 Å². The summed E-state index contributed by atoms with van der Waals surface area (Å²) >= 11 is 9.52. The highest BCUT2D eigenvalue weighted by atomic mass is 79.9. The molecule has 0 radical (unpaired) electrons. The van der Waals surface area contributed by atoms with Gasteiger partial charge in [-0.05, 0) is 42.0 Å². The summed E-state index contributed by atoms with van der Waals surface area (Å²) in [6.45, 7) is 0.629. The number of rotatable bonds is 2. The van der Waals surface area contributed by atoms with Gasteiger partial charge in [-0.15, -0.1) is 0 Å². The first-order chi connectivity index (χ1) is 9.13. The molecule has 19 heavy (non-hydrogen) atoms. The van der Waals surface area contributed by atoms with Gasteiger partial charge in [-0.25, -0.2) is 4.39 Å². The van der Waals surface area contributed by atoms with Gasteiger partial charge in [-0.1, -0.05) is 33.6 Å². The maximum atomic E-state index is 13.0. The molecule has 0 saturated carbocycles. The lowest BCUT2D eigenvalue weighted by Gasteiger charge is -2.08. The van der Waals surface area contributed by atoms with Crippen LogP contribution in [0.15, 0.2) is 53.1 Å². The van der Waals surface area contributed by atoms with E-state index in [-0.39, 0.29) is 5.82 Å². The van der Waals surface area contributed by atoms with E-state index in [0.717, 1.165) is 20.9 Å². The lowest BCUT2D eigenvalue weighted by atomic mass is 10.2. The number of fused-ring (bicyclic) bond motifs is 1. The van der Waals surface area contributed by atoms with Gasteiger partial charge in [0, 0.05) is 33.1 Å². The quantitative estimate of drug-likeness (QED) is 0.602. The predicted octanol–water partition coefficient (Wildman–Crippen LogP) is 5.24. The summed E-state index contributed by atoms with van der Waals surface area (Å²) in [5, 5.41) is 1.62. The summed E-state index contributed by atoms with van der Waals surface area (Å²) in [4.78, 5) is 0. The lowest BCUT2D eigenvalue weighted by Crippen LogP contribution is -1.98. The molecule has 0 spiro atoms. The second-order valence-corrected chi connectivity index (χ2v) is 5.71. The molecule has 0 bridgehead atoms. The monoisotopic (exact) mass is 337 g/mol. The number of halogens is 3. The van der Waals surface area contributed by atoms with Crippen molar-refractivity contribution in [1.82, 2.24) is 4.57 Å². The first kappa shape index (κ1) is 12.7. The zero-order valence-corrected chi connectivity index (χ0v) is 12.2. The molecule has 0 saturated heterocycles. The van der Waals surface area contributed by atoms with Crippen LogP contribution in [0.25, 0.3) is 10.9 Å². The smallest absolute Gasteiger partial charge is 0.124 e. The minimum Gasteiger partial charge on any atom is -0.343 e.